The van der Waals surface area contributed by atoms with Crippen molar-refractivity contribution in [3.8, 4) is 0 Å². The molecule has 0 radical (unpaired) electrons. The van der Waals surface area contributed by atoms with E-state index in [1.165, 1.54) is 12.1 Å². The van der Waals surface area contributed by atoms with Gasteiger partial charge in [-0.1, -0.05) is 29.8 Å². The molecule has 0 N–H and O–H groups in total. The van der Waals surface area contributed by atoms with Crippen molar-refractivity contribution in [2.75, 3.05) is 0 Å². The zero-order valence-corrected chi connectivity index (χ0v) is 11.2. The number of ketones is 1. The van der Waals surface area contributed by atoms with Crippen molar-refractivity contribution in [2.45, 2.75) is 26.7 Å². The Morgan fingerprint density at radius 3 is 2.42 bits per heavy atom. The van der Waals surface area contributed by atoms with Crippen LogP contribution in [0.3, 0.4) is 0 Å². The summed E-state index contributed by atoms with van der Waals surface area (Å²) in [5.41, 5.74) is 3.88. The lowest BCUT2D eigenvalue weighted by molar-refractivity contribution is 0.0982. The molecule has 0 aliphatic heterocycles. The molecule has 0 unspecified atom stereocenters. The monoisotopic (exact) mass is 256 g/mol. The number of hydrogen-bond acceptors (Lipinski definition) is 1. The predicted octanol–water partition coefficient (Wildman–Crippen LogP) is 4.26. The lowest BCUT2D eigenvalue weighted by Gasteiger charge is -2.06. The van der Waals surface area contributed by atoms with Gasteiger partial charge in [0, 0.05) is 12.0 Å². The molecule has 2 aromatic rings. The minimum absolute atomic E-state index is 0.144. The molecule has 98 valence electrons. The molecule has 19 heavy (non-hydrogen) atoms. The third-order valence-electron chi connectivity index (χ3n) is 3.25. The summed E-state index contributed by atoms with van der Waals surface area (Å²) in [4.78, 5) is 12.2. The first-order valence-corrected chi connectivity index (χ1v) is 6.41. The second-order valence-electron chi connectivity index (χ2n) is 4.87. The molecule has 0 spiro atoms. The Morgan fingerprint density at radius 2 is 1.74 bits per heavy atom. The number of carbonyl (C=O) groups is 1. The molecular weight excluding hydrogens is 239 g/mol. The summed E-state index contributed by atoms with van der Waals surface area (Å²) in [5, 5.41) is 0. The second kappa shape index (κ2) is 5.79. The molecule has 0 heterocycles. The quantitative estimate of drug-likeness (QED) is 0.747. The largest absolute Gasteiger partial charge is 0.294 e. The normalized spacial score (nSPS) is 10.5. The van der Waals surface area contributed by atoms with Gasteiger partial charge in [0.2, 0.25) is 0 Å². The molecule has 0 saturated carbocycles. The van der Waals surface area contributed by atoms with Gasteiger partial charge in [0.05, 0.1) is 0 Å². The fourth-order valence-electron chi connectivity index (χ4n) is 2.08. The summed E-state index contributed by atoms with van der Waals surface area (Å²) >= 11 is 0. The maximum Gasteiger partial charge on any atom is 0.163 e. The van der Waals surface area contributed by atoms with Crippen LogP contribution in [-0.2, 0) is 6.42 Å². The van der Waals surface area contributed by atoms with Crippen LogP contribution in [0.1, 0.15) is 33.5 Å². The zero-order valence-electron chi connectivity index (χ0n) is 11.2. The van der Waals surface area contributed by atoms with E-state index in [4.69, 9.17) is 0 Å². The van der Waals surface area contributed by atoms with Gasteiger partial charge in [0.25, 0.3) is 0 Å². The fourth-order valence-corrected chi connectivity index (χ4v) is 2.08. The molecule has 0 aliphatic rings. The zero-order chi connectivity index (χ0) is 13.8. The number of halogens is 1. The van der Waals surface area contributed by atoms with Crippen LogP contribution in [0.5, 0.6) is 0 Å². The molecule has 0 aliphatic carbocycles. The van der Waals surface area contributed by atoms with E-state index >= 15 is 0 Å². The van der Waals surface area contributed by atoms with Crippen LogP contribution in [0.25, 0.3) is 0 Å². The third-order valence-corrected chi connectivity index (χ3v) is 3.25. The number of aryl methyl sites for hydroxylation is 3. The van der Waals surface area contributed by atoms with E-state index in [1.54, 1.807) is 12.1 Å². The number of hydrogen-bond donors (Lipinski definition) is 0. The Bertz CT molecular complexity index is 585. The van der Waals surface area contributed by atoms with Crippen LogP contribution < -0.4 is 0 Å². The first kappa shape index (κ1) is 13.5. The summed E-state index contributed by atoms with van der Waals surface area (Å²) < 4.78 is 12.8. The van der Waals surface area contributed by atoms with Crippen molar-refractivity contribution in [3.05, 3.63) is 70.5 Å². The van der Waals surface area contributed by atoms with Crippen molar-refractivity contribution in [1.82, 2.24) is 0 Å². The van der Waals surface area contributed by atoms with Gasteiger partial charge in [-0.2, -0.15) is 0 Å². The number of Topliss-reactive ketones (excluding diaryl/α,β-unsaturated/α-hetero) is 1. The topological polar surface area (TPSA) is 17.1 Å². The van der Waals surface area contributed by atoms with Crippen molar-refractivity contribution < 1.29 is 9.18 Å². The number of benzene rings is 2. The summed E-state index contributed by atoms with van der Waals surface area (Å²) in [7, 11) is 0. The van der Waals surface area contributed by atoms with Crippen LogP contribution in [0.2, 0.25) is 0 Å². The smallest absolute Gasteiger partial charge is 0.163 e. The average Bonchev–Trinajstić information content (AvgIpc) is 2.40. The van der Waals surface area contributed by atoms with Crippen LogP contribution in [0, 0.1) is 19.7 Å². The van der Waals surface area contributed by atoms with Crippen LogP contribution in [-0.4, -0.2) is 5.78 Å². The number of rotatable bonds is 4. The van der Waals surface area contributed by atoms with Gasteiger partial charge in [0.15, 0.2) is 5.78 Å². The van der Waals surface area contributed by atoms with Gasteiger partial charge in [-0.25, -0.2) is 4.39 Å². The SMILES string of the molecule is Cc1ccc(C)c(C(=O)CCc2ccc(F)cc2)c1. The summed E-state index contributed by atoms with van der Waals surface area (Å²) in [6.07, 6.45) is 1.10. The maximum atomic E-state index is 12.8. The first-order chi connectivity index (χ1) is 9.06. The molecular formula is C17H17FO. The van der Waals surface area contributed by atoms with Gasteiger partial charge >= 0.3 is 0 Å². The Morgan fingerprint density at radius 1 is 1.05 bits per heavy atom. The lowest BCUT2D eigenvalue weighted by Crippen LogP contribution is -2.04. The summed E-state index contributed by atoms with van der Waals surface area (Å²) in [6.45, 7) is 3.93. The van der Waals surface area contributed by atoms with Gasteiger partial charge in [-0.3, -0.25) is 4.79 Å². The predicted molar refractivity (Wildman–Crippen MR) is 75.0 cm³/mol. The van der Waals surface area contributed by atoms with E-state index in [-0.39, 0.29) is 11.6 Å². The van der Waals surface area contributed by atoms with Gasteiger partial charge in [-0.05, 0) is 49.6 Å². The van der Waals surface area contributed by atoms with E-state index in [9.17, 15) is 9.18 Å². The van der Waals surface area contributed by atoms with E-state index < -0.39 is 0 Å². The van der Waals surface area contributed by atoms with Crippen molar-refractivity contribution >= 4 is 5.78 Å². The highest BCUT2D eigenvalue weighted by molar-refractivity contribution is 5.97. The molecule has 0 atom stereocenters. The Labute approximate surface area is 113 Å². The van der Waals surface area contributed by atoms with E-state index in [0.717, 1.165) is 22.3 Å². The first-order valence-electron chi connectivity index (χ1n) is 6.41. The standard InChI is InChI=1S/C17H17FO/c1-12-3-4-13(2)16(11-12)17(19)10-7-14-5-8-15(18)9-6-14/h3-6,8-9,11H,7,10H2,1-2H3. The highest BCUT2D eigenvalue weighted by Gasteiger charge is 2.09. The Hall–Kier alpha value is -1.96. The van der Waals surface area contributed by atoms with Crippen molar-refractivity contribution in [3.63, 3.8) is 0 Å². The maximum absolute atomic E-state index is 12.8. The second-order valence-corrected chi connectivity index (χ2v) is 4.87. The van der Waals surface area contributed by atoms with Crippen molar-refractivity contribution in [1.29, 1.82) is 0 Å². The Balaban J connectivity index is 2.05. The molecule has 0 amide bonds. The molecule has 0 bridgehead atoms. The molecule has 2 aromatic carbocycles. The van der Waals surface area contributed by atoms with Gasteiger partial charge in [-0.15, -0.1) is 0 Å². The lowest BCUT2D eigenvalue weighted by atomic mass is 9.98. The van der Waals surface area contributed by atoms with Crippen LogP contribution in [0.4, 0.5) is 4.39 Å². The van der Waals surface area contributed by atoms with Crippen LogP contribution >= 0.6 is 0 Å². The Kier molecular flexibility index (Phi) is 4.10. The molecule has 0 saturated heterocycles. The van der Waals surface area contributed by atoms with E-state index in [1.807, 2.05) is 32.0 Å². The molecule has 2 heteroatoms. The average molecular weight is 256 g/mol. The highest BCUT2D eigenvalue weighted by Crippen LogP contribution is 2.15. The van der Waals surface area contributed by atoms with E-state index in [0.29, 0.717) is 12.8 Å². The third kappa shape index (κ3) is 3.50. The fraction of sp³-hybridized carbons (Fsp3) is 0.235. The van der Waals surface area contributed by atoms with Gasteiger partial charge < -0.3 is 0 Å². The highest BCUT2D eigenvalue weighted by atomic mass is 19.1. The minimum Gasteiger partial charge on any atom is -0.294 e. The summed E-state index contributed by atoms with van der Waals surface area (Å²) in [6, 6.07) is 12.2. The minimum atomic E-state index is -0.246. The van der Waals surface area contributed by atoms with Crippen LogP contribution in [0.15, 0.2) is 42.5 Å². The molecule has 0 aromatic heterocycles. The molecule has 1 nitrogen and oxygen atoms in total. The number of carbonyl (C=O) groups excluding carboxylic acids is 1. The van der Waals surface area contributed by atoms with Crippen molar-refractivity contribution in [2.24, 2.45) is 0 Å². The summed E-state index contributed by atoms with van der Waals surface area (Å²) in [5.74, 6) is -0.102. The van der Waals surface area contributed by atoms with E-state index in [2.05, 4.69) is 0 Å². The molecule has 0 fully saturated rings. The van der Waals surface area contributed by atoms with Gasteiger partial charge in [0.1, 0.15) is 5.82 Å². The molecule has 2 rings (SSSR count).